The summed E-state index contributed by atoms with van der Waals surface area (Å²) in [5.41, 5.74) is 6.19. The predicted molar refractivity (Wildman–Crippen MR) is 56.7 cm³/mol. The standard InChI is InChI=1S/C10H11ClN2O2/c11-9-4-7(8(12)5-13-9)10(14)15-6-2-1-3-6/h4-6H,1-3,12H2. The summed E-state index contributed by atoms with van der Waals surface area (Å²) >= 11 is 5.67. The van der Waals surface area contributed by atoms with Crippen LogP contribution in [-0.2, 0) is 4.74 Å². The van der Waals surface area contributed by atoms with E-state index in [1.807, 2.05) is 0 Å². The number of esters is 1. The molecule has 1 saturated carbocycles. The minimum absolute atomic E-state index is 0.0452. The van der Waals surface area contributed by atoms with E-state index in [9.17, 15) is 4.79 Å². The van der Waals surface area contributed by atoms with E-state index in [4.69, 9.17) is 22.1 Å². The third-order valence-corrected chi connectivity index (χ3v) is 2.65. The quantitative estimate of drug-likeness (QED) is 0.619. The largest absolute Gasteiger partial charge is 0.459 e. The van der Waals surface area contributed by atoms with Crippen LogP contribution in [0.4, 0.5) is 5.69 Å². The number of hydrogen-bond donors (Lipinski definition) is 1. The molecule has 0 spiro atoms. The SMILES string of the molecule is Nc1cnc(Cl)cc1C(=O)OC1CCC1. The Hall–Kier alpha value is -1.29. The van der Waals surface area contributed by atoms with Crippen LogP contribution in [-0.4, -0.2) is 17.1 Å². The van der Waals surface area contributed by atoms with Gasteiger partial charge >= 0.3 is 5.97 Å². The molecule has 1 aliphatic carbocycles. The molecule has 4 nitrogen and oxygen atoms in total. The molecular formula is C10H11ClN2O2. The Labute approximate surface area is 92.4 Å². The van der Waals surface area contributed by atoms with E-state index >= 15 is 0 Å². The molecule has 0 bridgehead atoms. The number of nitrogens with zero attached hydrogens (tertiary/aromatic N) is 1. The van der Waals surface area contributed by atoms with Crippen LogP contribution in [0.1, 0.15) is 29.6 Å². The van der Waals surface area contributed by atoms with Crippen molar-refractivity contribution in [3.05, 3.63) is 23.0 Å². The first-order valence-electron chi connectivity index (χ1n) is 4.79. The summed E-state index contributed by atoms with van der Waals surface area (Å²) in [5, 5.41) is 0.241. The number of carbonyl (C=O) groups is 1. The summed E-state index contributed by atoms with van der Waals surface area (Å²) < 4.78 is 5.20. The second-order valence-electron chi connectivity index (χ2n) is 3.55. The van der Waals surface area contributed by atoms with E-state index in [-0.39, 0.29) is 11.3 Å². The predicted octanol–water partition coefficient (Wildman–Crippen LogP) is 2.03. The van der Waals surface area contributed by atoms with Gasteiger partial charge in [0.2, 0.25) is 0 Å². The monoisotopic (exact) mass is 226 g/mol. The number of rotatable bonds is 2. The number of carbonyl (C=O) groups excluding carboxylic acids is 1. The van der Waals surface area contributed by atoms with Crippen molar-refractivity contribution < 1.29 is 9.53 Å². The van der Waals surface area contributed by atoms with Crippen LogP contribution in [0.5, 0.6) is 0 Å². The van der Waals surface area contributed by atoms with Gasteiger partial charge in [-0.1, -0.05) is 11.6 Å². The Morgan fingerprint density at radius 2 is 2.33 bits per heavy atom. The van der Waals surface area contributed by atoms with E-state index in [1.54, 1.807) is 0 Å². The van der Waals surface area contributed by atoms with Crippen LogP contribution in [0.15, 0.2) is 12.3 Å². The lowest BCUT2D eigenvalue weighted by Crippen LogP contribution is -2.25. The Kier molecular flexibility index (Phi) is 2.77. The highest BCUT2D eigenvalue weighted by Crippen LogP contribution is 2.24. The Morgan fingerprint density at radius 1 is 1.60 bits per heavy atom. The first kappa shape index (κ1) is 10.2. The number of anilines is 1. The lowest BCUT2D eigenvalue weighted by molar-refractivity contribution is 0.00912. The van der Waals surface area contributed by atoms with Crippen LogP contribution in [0, 0.1) is 0 Å². The minimum atomic E-state index is -0.415. The molecule has 2 N–H and O–H groups in total. The molecule has 1 aromatic rings. The Balaban J connectivity index is 2.12. The second kappa shape index (κ2) is 4.06. The smallest absolute Gasteiger partial charge is 0.340 e. The fourth-order valence-corrected chi connectivity index (χ4v) is 1.48. The first-order valence-corrected chi connectivity index (χ1v) is 5.16. The lowest BCUT2D eigenvalue weighted by Gasteiger charge is -2.25. The molecular weight excluding hydrogens is 216 g/mol. The van der Waals surface area contributed by atoms with Gasteiger partial charge in [0.05, 0.1) is 17.4 Å². The van der Waals surface area contributed by atoms with Gasteiger partial charge in [-0.3, -0.25) is 0 Å². The third-order valence-electron chi connectivity index (χ3n) is 2.45. The normalized spacial score (nSPS) is 15.8. The third kappa shape index (κ3) is 2.21. The second-order valence-corrected chi connectivity index (χ2v) is 3.94. The average molecular weight is 227 g/mol. The number of halogens is 1. The van der Waals surface area contributed by atoms with Gasteiger partial charge in [-0.05, 0) is 25.3 Å². The highest BCUT2D eigenvalue weighted by molar-refractivity contribution is 6.29. The first-order chi connectivity index (χ1) is 7.16. The van der Waals surface area contributed by atoms with Gasteiger partial charge in [-0.15, -0.1) is 0 Å². The zero-order valence-corrected chi connectivity index (χ0v) is 8.83. The van der Waals surface area contributed by atoms with Crippen LogP contribution < -0.4 is 5.73 Å². The number of ether oxygens (including phenoxy) is 1. The van der Waals surface area contributed by atoms with E-state index in [0.29, 0.717) is 11.3 Å². The number of aromatic nitrogens is 1. The van der Waals surface area contributed by atoms with Gasteiger partial charge in [-0.2, -0.15) is 0 Å². The maximum Gasteiger partial charge on any atom is 0.340 e. The molecule has 0 radical (unpaired) electrons. The van der Waals surface area contributed by atoms with E-state index in [2.05, 4.69) is 4.98 Å². The molecule has 0 saturated heterocycles. The lowest BCUT2D eigenvalue weighted by atomic mass is 9.96. The van der Waals surface area contributed by atoms with Crippen LogP contribution in [0.3, 0.4) is 0 Å². The summed E-state index contributed by atoms with van der Waals surface area (Å²) in [6.07, 6.45) is 4.39. The van der Waals surface area contributed by atoms with Crippen LogP contribution >= 0.6 is 11.6 Å². The fraction of sp³-hybridized carbons (Fsp3) is 0.400. The summed E-state index contributed by atoms with van der Waals surface area (Å²) in [5.74, 6) is -0.415. The van der Waals surface area contributed by atoms with E-state index < -0.39 is 5.97 Å². The molecule has 1 aromatic heterocycles. The zero-order valence-electron chi connectivity index (χ0n) is 8.07. The molecule has 1 heterocycles. The van der Waals surface area contributed by atoms with Gasteiger partial charge in [0.1, 0.15) is 11.3 Å². The highest BCUT2D eigenvalue weighted by atomic mass is 35.5. The van der Waals surface area contributed by atoms with Crippen LogP contribution in [0.2, 0.25) is 5.15 Å². The van der Waals surface area contributed by atoms with E-state index in [1.165, 1.54) is 12.3 Å². The maximum absolute atomic E-state index is 11.6. The number of hydrogen-bond acceptors (Lipinski definition) is 4. The molecule has 0 atom stereocenters. The van der Waals surface area contributed by atoms with Gasteiger partial charge in [-0.25, -0.2) is 9.78 Å². The van der Waals surface area contributed by atoms with E-state index in [0.717, 1.165) is 19.3 Å². The van der Waals surface area contributed by atoms with Crippen molar-refractivity contribution in [1.82, 2.24) is 4.98 Å². The molecule has 2 rings (SSSR count). The number of pyridine rings is 1. The molecule has 1 fully saturated rings. The molecule has 0 amide bonds. The van der Waals surface area contributed by atoms with Gasteiger partial charge in [0.15, 0.2) is 0 Å². The number of nitrogens with two attached hydrogens (primary N) is 1. The van der Waals surface area contributed by atoms with Gasteiger partial charge in [0, 0.05) is 0 Å². The van der Waals surface area contributed by atoms with Crippen molar-refractivity contribution in [3.63, 3.8) is 0 Å². The maximum atomic E-state index is 11.6. The van der Waals surface area contributed by atoms with Gasteiger partial charge in [0.25, 0.3) is 0 Å². The summed E-state index contributed by atoms with van der Waals surface area (Å²) in [6.45, 7) is 0. The fourth-order valence-electron chi connectivity index (χ4n) is 1.32. The zero-order chi connectivity index (χ0) is 10.8. The molecule has 0 aromatic carbocycles. The van der Waals surface area contributed by atoms with Crippen molar-refractivity contribution in [2.24, 2.45) is 0 Å². The molecule has 80 valence electrons. The molecule has 15 heavy (non-hydrogen) atoms. The summed E-state index contributed by atoms with van der Waals surface area (Å²) in [7, 11) is 0. The van der Waals surface area contributed by atoms with Crippen molar-refractivity contribution >= 4 is 23.3 Å². The Bertz CT molecular complexity index is 391. The number of nitrogen functional groups attached to an aromatic ring is 1. The van der Waals surface area contributed by atoms with Crippen molar-refractivity contribution in [1.29, 1.82) is 0 Å². The summed E-state index contributed by atoms with van der Waals surface area (Å²) in [6, 6.07) is 1.43. The molecule has 0 unspecified atom stereocenters. The average Bonchev–Trinajstić information content (AvgIpc) is 2.15. The van der Waals surface area contributed by atoms with Crippen molar-refractivity contribution in [3.8, 4) is 0 Å². The highest BCUT2D eigenvalue weighted by Gasteiger charge is 2.23. The van der Waals surface area contributed by atoms with Gasteiger partial charge < -0.3 is 10.5 Å². The molecule has 0 aliphatic heterocycles. The molecule has 5 heteroatoms. The van der Waals surface area contributed by atoms with Crippen molar-refractivity contribution in [2.45, 2.75) is 25.4 Å². The Morgan fingerprint density at radius 3 is 2.93 bits per heavy atom. The van der Waals surface area contributed by atoms with Crippen molar-refractivity contribution in [2.75, 3.05) is 5.73 Å². The summed E-state index contributed by atoms with van der Waals surface area (Å²) in [4.78, 5) is 15.4. The molecule has 1 aliphatic rings. The minimum Gasteiger partial charge on any atom is -0.459 e. The van der Waals surface area contributed by atoms with Crippen LogP contribution in [0.25, 0.3) is 0 Å². The topological polar surface area (TPSA) is 65.2 Å².